The van der Waals surface area contributed by atoms with Crippen LogP contribution in [0.25, 0.3) is 0 Å². The number of halogens is 2. The molecule has 1 aromatic carbocycles. The van der Waals surface area contributed by atoms with E-state index in [1.54, 1.807) is 18.2 Å². The minimum atomic E-state index is -0.279. The Kier molecular flexibility index (Phi) is 3.34. The van der Waals surface area contributed by atoms with Gasteiger partial charge in [-0.2, -0.15) is 0 Å². The first-order valence-electron chi connectivity index (χ1n) is 3.52. The minimum absolute atomic E-state index is 0.279. The molecule has 4 heteroatoms. The van der Waals surface area contributed by atoms with Crippen LogP contribution < -0.4 is 5.32 Å². The van der Waals surface area contributed by atoms with E-state index in [0.717, 1.165) is 0 Å². The monoisotopic (exact) mass is 215 g/mol. The number of benzene rings is 1. The van der Waals surface area contributed by atoms with Gasteiger partial charge in [-0.15, -0.1) is 0 Å². The third-order valence-corrected chi connectivity index (χ3v) is 2.11. The second kappa shape index (κ2) is 4.30. The van der Waals surface area contributed by atoms with Crippen LogP contribution in [0, 0.1) is 0 Å². The summed E-state index contributed by atoms with van der Waals surface area (Å²) in [5.41, 5.74) is 0.597. The Labute approximate surface area is 86.2 Å². The van der Waals surface area contributed by atoms with Crippen LogP contribution in [0.1, 0.15) is 0 Å². The summed E-state index contributed by atoms with van der Waals surface area (Å²) >= 11 is 11.4. The SMILES string of the molecule is C=CC(=O)Nc1ccc(Cl)c(Cl)c1. The highest BCUT2D eigenvalue weighted by Crippen LogP contribution is 2.24. The number of carbonyl (C=O) groups is 1. The largest absolute Gasteiger partial charge is 0.322 e. The fraction of sp³-hybridized carbons (Fsp3) is 0. The average molecular weight is 216 g/mol. The van der Waals surface area contributed by atoms with Crippen LogP contribution in [-0.2, 0) is 4.79 Å². The van der Waals surface area contributed by atoms with Crippen LogP contribution in [0.2, 0.25) is 10.0 Å². The van der Waals surface area contributed by atoms with Crippen molar-refractivity contribution in [3.8, 4) is 0 Å². The highest BCUT2D eigenvalue weighted by molar-refractivity contribution is 6.42. The van der Waals surface area contributed by atoms with Gasteiger partial charge in [0.05, 0.1) is 10.0 Å². The number of anilines is 1. The number of hydrogen-bond donors (Lipinski definition) is 1. The lowest BCUT2D eigenvalue weighted by Crippen LogP contribution is -2.06. The number of nitrogens with one attached hydrogen (secondary N) is 1. The third kappa shape index (κ3) is 2.76. The van der Waals surface area contributed by atoms with Crippen LogP contribution in [0.4, 0.5) is 5.69 Å². The first-order chi connectivity index (χ1) is 6.13. The molecule has 0 unspecified atom stereocenters. The van der Waals surface area contributed by atoms with E-state index in [9.17, 15) is 4.79 Å². The van der Waals surface area contributed by atoms with E-state index in [1.807, 2.05) is 0 Å². The quantitative estimate of drug-likeness (QED) is 0.756. The smallest absolute Gasteiger partial charge is 0.247 e. The Bertz CT molecular complexity index is 349. The first kappa shape index (κ1) is 10.1. The van der Waals surface area contributed by atoms with Gasteiger partial charge in [0.15, 0.2) is 0 Å². The summed E-state index contributed by atoms with van der Waals surface area (Å²) in [5.74, 6) is -0.279. The average Bonchev–Trinajstić information content (AvgIpc) is 2.11. The molecule has 2 nitrogen and oxygen atoms in total. The van der Waals surface area contributed by atoms with Gasteiger partial charge in [-0.05, 0) is 24.3 Å². The second-order valence-corrected chi connectivity index (χ2v) is 3.14. The lowest BCUT2D eigenvalue weighted by Gasteiger charge is -2.02. The Balaban J connectivity index is 2.85. The molecule has 0 aliphatic carbocycles. The van der Waals surface area contributed by atoms with Gasteiger partial charge in [0.1, 0.15) is 0 Å². The predicted molar refractivity (Wildman–Crippen MR) is 55.3 cm³/mol. The fourth-order valence-electron chi connectivity index (χ4n) is 0.767. The molecule has 0 saturated carbocycles. The maximum Gasteiger partial charge on any atom is 0.247 e. The summed E-state index contributed by atoms with van der Waals surface area (Å²) in [6, 6.07) is 4.85. The second-order valence-electron chi connectivity index (χ2n) is 2.32. The summed E-state index contributed by atoms with van der Waals surface area (Å²) in [5, 5.41) is 3.42. The summed E-state index contributed by atoms with van der Waals surface area (Å²) in [7, 11) is 0. The topological polar surface area (TPSA) is 29.1 Å². The molecule has 1 aromatic rings. The number of rotatable bonds is 2. The van der Waals surface area contributed by atoms with Crippen molar-refractivity contribution in [2.45, 2.75) is 0 Å². The Morgan fingerprint density at radius 1 is 1.38 bits per heavy atom. The maximum absolute atomic E-state index is 10.9. The molecule has 1 rings (SSSR count). The first-order valence-corrected chi connectivity index (χ1v) is 4.27. The molecular formula is C9H7Cl2NO. The molecule has 0 aliphatic heterocycles. The molecule has 0 bridgehead atoms. The van der Waals surface area contributed by atoms with Crippen molar-refractivity contribution in [3.63, 3.8) is 0 Å². The van der Waals surface area contributed by atoms with E-state index in [-0.39, 0.29) is 5.91 Å². The van der Waals surface area contributed by atoms with Crippen LogP contribution in [-0.4, -0.2) is 5.91 Å². The van der Waals surface area contributed by atoms with Crippen LogP contribution in [0.15, 0.2) is 30.9 Å². The number of hydrogen-bond acceptors (Lipinski definition) is 1. The van der Waals surface area contributed by atoms with Gasteiger partial charge >= 0.3 is 0 Å². The van der Waals surface area contributed by atoms with Gasteiger partial charge in [-0.3, -0.25) is 4.79 Å². The Morgan fingerprint density at radius 2 is 2.08 bits per heavy atom. The van der Waals surface area contributed by atoms with Gasteiger partial charge in [0.2, 0.25) is 5.91 Å². The van der Waals surface area contributed by atoms with Gasteiger partial charge < -0.3 is 5.32 Å². The Hall–Kier alpha value is -0.990. The lowest BCUT2D eigenvalue weighted by molar-refractivity contribution is -0.111. The van der Waals surface area contributed by atoms with Crippen LogP contribution >= 0.6 is 23.2 Å². The fourth-order valence-corrected chi connectivity index (χ4v) is 1.07. The van der Waals surface area contributed by atoms with Gasteiger partial charge in [0.25, 0.3) is 0 Å². The van der Waals surface area contributed by atoms with Crippen LogP contribution in [0.3, 0.4) is 0 Å². The number of carbonyl (C=O) groups excluding carboxylic acids is 1. The molecule has 0 aliphatic rings. The molecule has 13 heavy (non-hydrogen) atoms. The molecule has 0 fully saturated rings. The van der Waals surface area contributed by atoms with Crippen molar-refractivity contribution < 1.29 is 4.79 Å². The van der Waals surface area contributed by atoms with E-state index in [1.165, 1.54) is 6.08 Å². The molecular weight excluding hydrogens is 209 g/mol. The highest BCUT2D eigenvalue weighted by atomic mass is 35.5. The van der Waals surface area contributed by atoms with E-state index >= 15 is 0 Å². The van der Waals surface area contributed by atoms with Gasteiger partial charge in [-0.25, -0.2) is 0 Å². The minimum Gasteiger partial charge on any atom is -0.322 e. The van der Waals surface area contributed by atoms with E-state index < -0.39 is 0 Å². The summed E-state index contributed by atoms with van der Waals surface area (Å²) in [4.78, 5) is 10.9. The zero-order chi connectivity index (χ0) is 9.84. The van der Waals surface area contributed by atoms with Crippen LogP contribution in [0.5, 0.6) is 0 Å². The van der Waals surface area contributed by atoms with Gasteiger partial charge in [-0.1, -0.05) is 29.8 Å². The summed E-state index contributed by atoms with van der Waals surface area (Å²) in [6.07, 6.45) is 1.18. The maximum atomic E-state index is 10.9. The normalized spacial score (nSPS) is 9.38. The van der Waals surface area contributed by atoms with Crippen molar-refractivity contribution >= 4 is 34.8 Å². The van der Waals surface area contributed by atoms with Crippen molar-refractivity contribution in [2.24, 2.45) is 0 Å². The molecule has 0 atom stereocenters. The zero-order valence-electron chi connectivity index (χ0n) is 6.68. The molecule has 0 spiro atoms. The predicted octanol–water partition coefficient (Wildman–Crippen LogP) is 3.12. The molecule has 0 aromatic heterocycles. The van der Waals surface area contributed by atoms with Crippen molar-refractivity contribution in [1.29, 1.82) is 0 Å². The molecule has 0 saturated heterocycles. The summed E-state index contributed by atoms with van der Waals surface area (Å²) in [6.45, 7) is 3.33. The molecule has 1 N–H and O–H groups in total. The zero-order valence-corrected chi connectivity index (χ0v) is 8.19. The third-order valence-electron chi connectivity index (χ3n) is 1.37. The standard InChI is InChI=1S/C9H7Cl2NO/c1-2-9(13)12-6-3-4-7(10)8(11)5-6/h2-5H,1H2,(H,12,13). The summed E-state index contributed by atoms with van der Waals surface area (Å²) < 4.78 is 0. The Morgan fingerprint density at radius 3 is 2.62 bits per heavy atom. The highest BCUT2D eigenvalue weighted by Gasteiger charge is 2.00. The lowest BCUT2D eigenvalue weighted by atomic mass is 10.3. The van der Waals surface area contributed by atoms with Gasteiger partial charge in [0, 0.05) is 5.69 Å². The van der Waals surface area contributed by atoms with Crippen molar-refractivity contribution in [2.75, 3.05) is 5.32 Å². The van der Waals surface area contributed by atoms with E-state index in [0.29, 0.717) is 15.7 Å². The van der Waals surface area contributed by atoms with E-state index in [4.69, 9.17) is 23.2 Å². The van der Waals surface area contributed by atoms with Crippen molar-refractivity contribution in [1.82, 2.24) is 0 Å². The molecule has 1 amide bonds. The number of amides is 1. The molecule has 68 valence electrons. The molecule has 0 radical (unpaired) electrons. The molecule has 0 heterocycles. The van der Waals surface area contributed by atoms with E-state index in [2.05, 4.69) is 11.9 Å². The van der Waals surface area contributed by atoms with Crippen molar-refractivity contribution in [3.05, 3.63) is 40.9 Å².